The van der Waals surface area contributed by atoms with E-state index in [1.54, 1.807) is 0 Å². The van der Waals surface area contributed by atoms with Crippen molar-refractivity contribution in [1.29, 1.82) is 0 Å². The number of benzene rings is 2. The number of quaternary nitrogens is 1. The maximum atomic E-state index is 12.1. The zero-order chi connectivity index (χ0) is 13.8. The first-order chi connectivity index (χ1) is 9.83. The summed E-state index contributed by atoms with van der Waals surface area (Å²) in [6.07, 6.45) is 0.754. The van der Waals surface area contributed by atoms with Crippen molar-refractivity contribution in [3.63, 3.8) is 0 Å². The number of fused-ring (bicyclic) bond motifs is 1. The molecule has 1 atom stereocenters. The molecule has 0 spiro atoms. The Labute approximate surface area is 118 Å². The minimum atomic E-state index is -0.122. The molecule has 2 N–H and O–H groups in total. The lowest BCUT2D eigenvalue weighted by Crippen LogP contribution is -2.92. The number of rotatable bonds is 3. The van der Waals surface area contributed by atoms with E-state index in [0.717, 1.165) is 18.5 Å². The van der Waals surface area contributed by atoms with Gasteiger partial charge in [-0.1, -0.05) is 54.6 Å². The van der Waals surface area contributed by atoms with E-state index in [1.165, 1.54) is 11.1 Å². The minimum Gasteiger partial charge on any atom is -0.456 e. The molecule has 1 aliphatic rings. The molecule has 0 unspecified atom stereocenters. The lowest BCUT2D eigenvalue weighted by atomic mass is 9.96. The van der Waals surface area contributed by atoms with E-state index in [2.05, 4.69) is 17.4 Å². The van der Waals surface area contributed by atoms with Crippen molar-refractivity contribution >= 4 is 5.97 Å². The second-order valence-electron chi connectivity index (χ2n) is 5.11. The van der Waals surface area contributed by atoms with E-state index in [4.69, 9.17) is 4.74 Å². The molecular weight excluding hydrogens is 250 g/mol. The standard InChI is InChI=1S/C17H17NO2/c19-17(20-12-13-6-2-1-3-7-13)16-10-14-8-4-5-9-15(14)11-18-16/h1-9,16,18H,10-12H2/p+1/t16-/m0/s1. The van der Waals surface area contributed by atoms with Crippen molar-refractivity contribution in [1.82, 2.24) is 0 Å². The van der Waals surface area contributed by atoms with Gasteiger partial charge in [-0.25, -0.2) is 4.79 Å². The second-order valence-corrected chi connectivity index (χ2v) is 5.11. The first kappa shape index (κ1) is 12.9. The molecule has 1 heterocycles. The van der Waals surface area contributed by atoms with Gasteiger partial charge < -0.3 is 10.1 Å². The quantitative estimate of drug-likeness (QED) is 0.856. The summed E-state index contributed by atoms with van der Waals surface area (Å²) >= 11 is 0. The molecule has 3 rings (SSSR count). The Morgan fingerprint density at radius 3 is 2.55 bits per heavy atom. The molecule has 0 fully saturated rings. The third-order valence-corrected chi connectivity index (χ3v) is 3.71. The van der Waals surface area contributed by atoms with Crippen molar-refractivity contribution in [3.05, 3.63) is 71.3 Å². The van der Waals surface area contributed by atoms with Crippen LogP contribution in [0.3, 0.4) is 0 Å². The fourth-order valence-electron chi connectivity index (χ4n) is 2.56. The number of ether oxygens (including phenoxy) is 1. The first-order valence-electron chi connectivity index (χ1n) is 6.93. The summed E-state index contributed by atoms with van der Waals surface area (Å²) in [5.74, 6) is -0.122. The summed E-state index contributed by atoms with van der Waals surface area (Å²) in [4.78, 5) is 12.1. The van der Waals surface area contributed by atoms with Crippen LogP contribution in [0.5, 0.6) is 0 Å². The number of hydrogen-bond acceptors (Lipinski definition) is 2. The highest BCUT2D eigenvalue weighted by Crippen LogP contribution is 2.13. The SMILES string of the molecule is O=C(OCc1ccccc1)[C@@H]1Cc2ccccc2C[NH2+]1. The van der Waals surface area contributed by atoms with E-state index in [1.807, 2.05) is 42.5 Å². The van der Waals surface area contributed by atoms with E-state index in [0.29, 0.717) is 6.61 Å². The molecule has 0 saturated heterocycles. The molecule has 102 valence electrons. The van der Waals surface area contributed by atoms with Gasteiger partial charge in [-0.15, -0.1) is 0 Å². The fraction of sp³-hybridized carbons (Fsp3) is 0.235. The number of carbonyl (C=O) groups is 1. The Kier molecular flexibility index (Phi) is 3.79. The summed E-state index contributed by atoms with van der Waals surface area (Å²) in [5, 5.41) is 2.07. The smallest absolute Gasteiger partial charge is 0.365 e. The molecular formula is C17H18NO2+. The third kappa shape index (κ3) is 2.89. The summed E-state index contributed by atoms with van der Waals surface area (Å²) < 4.78 is 5.41. The molecule has 0 saturated carbocycles. The highest BCUT2D eigenvalue weighted by Gasteiger charge is 2.28. The van der Waals surface area contributed by atoms with Crippen LogP contribution in [0, 0.1) is 0 Å². The van der Waals surface area contributed by atoms with Gasteiger partial charge in [0.15, 0.2) is 6.04 Å². The van der Waals surface area contributed by atoms with Gasteiger partial charge >= 0.3 is 5.97 Å². The van der Waals surface area contributed by atoms with E-state index in [9.17, 15) is 4.79 Å². The average molecular weight is 268 g/mol. The van der Waals surface area contributed by atoms with E-state index >= 15 is 0 Å². The summed E-state index contributed by atoms with van der Waals surface area (Å²) in [7, 11) is 0. The molecule has 0 bridgehead atoms. The molecule has 1 aliphatic heterocycles. The maximum absolute atomic E-state index is 12.1. The van der Waals surface area contributed by atoms with Gasteiger partial charge in [0.1, 0.15) is 13.2 Å². The Bertz CT molecular complexity index is 595. The van der Waals surface area contributed by atoms with E-state index in [-0.39, 0.29) is 12.0 Å². The van der Waals surface area contributed by atoms with Crippen LogP contribution in [0.2, 0.25) is 0 Å². The van der Waals surface area contributed by atoms with Gasteiger partial charge in [0.25, 0.3) is 0 Å². The molecule has 0 radical (unpaired) electrons. The number of esters is 1. The van der Waals surface area contributed by atoms with Crippen molar-refractivity contribution in [3.8, 4) is 0 Å². The average Bonchev–Trinajstić information content (AvgIpc) is 2.53. The molecule has 3 nitrogen and oxygen atoms in total. The summed E-state index contributed by atoms with van der Waals surface area (Å²) in [6.45, 7) is 1.20. The zero-order valence-electron chi connectivity index (χ0n) is 11.3. The van der Waals surface area contributed by atoms with Gasteiger partial charge in [0.2, 0.25) is 0 Å². The Hall–Kier alpha value is -2.13. The predicted octanol–water partition coefficient (Wildman–Crippen LogP) is 1.42. The van der Waals surface area contributed by atoms with Crippen LogP contribution in [0.1, 0.15) is 16.7 Å². The second kappa shape index (κ2) is 5.88. The van der Waals surface area contributed by atoms with Gasteiger partial charge in [0, 0.05) is 12.0 Å². The minimum absolute atomic E-state index is 0.117. The van der Waals surface area contributed by atoms with Gasteiger partial charge in [-0.3, -0.25) is 0 Å². The van der Waals surface area contributed by atoms with Crippen LogP contribution in [0.4, 0.5) is 0 Å². The Balaban J connectivity index is 1.59. The number of nitrogens with two attached hydrogens (primary N) is 1. The van der Waals surface area contributed by atoms with Gasteiger partial charge in [-0.05, 0) is 11.1 Å². The summed E-state index contributed by atoms with van der Waals surface area (Å²) in [6, 6.07) is 18.0. The first-order valence-corrected chi connectivity index (χ1v) is 6.93. The Morgan fingerprint density at radius 2 is 1.75 bits per heavy atom. The topological polar surface area (TPSA) is 42.9 Å². The van der Waals surface area contributed by atoms with Crippen LogP contribution in [-0.2, 0) is 29.1 Å². The van der Waals surface area contributed by atoms with Crippen LogP contribution in [-0.4, -0.2) is 12.0 Å². The van der Waals surface area contributed by atoms with Crippen LogP contribution >= 0.6 is 0 Å². The highest BCUT2D eigenvalue weighted by atomic mass is 16.5. The van der Waals surface area contributed by atoms with E-state index < -0.39 is 0 Å². The van der Waals surface area contributed by atoms with Crippen LogP contribution < -0.4 is 5.32 Å². The third-order valence-electron chi connectivity index (χ3n) is 3.71. The monoisotopic (exact) mass is 268 g/mol. The zero-order valence-corrected chi connectivity index (χ0v) is 11.3. The van der Waals surface area contributed by atoms with Crippen molar-refractivity contribution in [2.45, 2.75) is 25.6 Å². The predicted molar refractivity (Wildman–Crippen MR) is 75.8 cm³/mol. The van der Waals surface area contributed by atoms with Gasteiger partial charge in [0.05, 0.1) is 0 Å². The molecule has 2 aromatic carbocycles. The molecule has 0 amide bonds. The van der Waals surface area contributed by atoms with Crippen molar-refractivity contribution in [2.75, 3.05) is 0 Å². The lowest BCUT2D eigenvalue weighted by molar-refractivity contribution is -0.696. The van der Waals surface area contributed by atoms with Crippen molar-refractivity contribution in [2.24, 2.45) is 0 Å². The molecule has 2 aromatic rings. The number of hydrogen-bond donors (Lipinski definition) is 1. The largest absolute Gasteiger partial charge is 0.456 e. The summed E-state index contributed by atoms with van der Waals surface area (Å²) in [5.41, 5.74) is 3.60. The molecule has 3 heteroatoms. The van der Waals surface area contributed by atoms with Gasteiger partial charge in [-0.2, -0.15) is 0 Å². The molecule has 0 aromatic heterocycles. The fourth-order valence-corrected chi connectivity index (χ4v) is 2.56. The van der Waals surface area contributed by atoms with Crippen LogP contribution in [0.25, 0.3) is 0 Å². The highest BCUT2D eigenvalue weighted by molar-refractivity contribution is 5.74. The molecule has 20 heavy (non-hydrogen) atoms. The maximum Gasteiger partial charge on any atom is 0.365 e. The Morgan fingerprint density at radius 1 is 1.05 bits per heavy atom. The lowest BCUT2D eigenvalue weighted by Gasteiger charge is -2.21. The molecule has 0 aliphatic carbocycles. The normalized spacial score (nSPS) is 17.3. The van der Waals surface area contributed by atoms with Crippen LogP contribution in [0.15, 0.2) is 54.6 Å². The van der Waals surface area contributed by atoms with Crippen molar-refractivity contribution < 1.29 is 14.8 Å². The number of carbonyl (C=O) groups excluding carboxylic acids is 1.